The van der Waals surface area contributed by atoms with E-state index in [4.69, 9.17) is 0 Å². The fraction of sp³-hybridized carbons (Fsp3) is 0.889. The van der Waals surface area contributed by atoms with Gasteiger partial charge < -0.3 is 10.6 Å². The third kappa shape index (κ3) is 6.16. The van der Waals surface area contributed by atoms with E-state index in [1.54, 1.807) is 0 Å². The molecule has 3 heteroatoms. The van der Waals surface area contributed by atoms with E-state index in [9.17, 15) is 4.79 Å². The van der Waals surface area contributed by atoms with Crippen molar-refractivity contribution in [2.45, 2.75) is 39.2 Å². The van der Waals surface area contributed by atoms with Gasteiger partial charge in [-0.3, -0.25) is 4.79 Å². The molecule has 0 aromatic rings. The minimum Gasteiger partial charge on any atom is -0.355 e. The molecule has 0 aromatic carbocycles. The van der Waals surface area contributed by atoms with Gasteiger partial charge in [-0.25, -0.2) is 0 Å². The van der Waals surface area contributed by atoms with Crippen LogP contribution in [0.5, 0.6) is 0 Å². The van der Waals surface area contributed by atoms with E-state index in [2.05, 4.69) is 24.5 Å². The molecule has 1 unspecified atom stereocenters. The highest BCUT2D eigenvalue weighted by atomic mass is 16.1. The van der Waals surface area contributed by atoms with Crippen molar-refractivity contribution in [1.82, 2.24) is 10.6 Å². The zero-order chi connectivity index (χ0) is 9.23. The molecule has 12 heavy (non-hydrogen) atoms. The summed E-state index contributed by atoms with van der Waals surface area (Å²) in [6.07, 6.45) is 4.22. The van der Waals surface area contributed by atoms with E-state index in [-0.39, 0.29) is 0 Å². The minimum atomic E-state index is 0.308. The van der Waals surface area contributed by atoms with Crippen LogP contribution in [-0.2, 0) is 4.79 Å². The predicted octanol–water partition coefficient (Wildman–Crippen LogP) is 0.901. The van der Waals surface area contributed by atoms with E-state index in [0.29, 0.717) is 6.04 Å². The molecular formula is C9H20N2O. The zero-order valence-corrected chi connectivity index (χ0v) is 8.10. The maximum absolute atomic E-state index is 10.2. The Morgan fingerprint density at radius 1 is 1.42 bits per heavy atom. The van der Waals surface area contributed by atoms with Crippen LogP contribution in [0.2, 0.25) is 0 Å². The highest BCUT2D eigenvalue weighted by molar-refractivity contribution is 5.46. The quantitative estimate of drug-likeness (QED) is 0.534. The lowest BCUT2D eigenvalue weighted by atomic mass is 10.1. The van der Waals surface area contributed by atoms with Gasteiger partial charge in [-0.05, 0) is 13.0 Å². The summed E-state index contributed by atoms with van der Waals surface area (Å²) in [6.45, 7) is 6.07. The molecule has 0 saturated heterocycles. The van der Waals surface area contributed by atoms with Gasteiger partial charge in [0.1, 0.15) is 0 Å². The van der Waals surface area contributed by atoms with Gasteiger partial charge >= 0.3 is 0 Å². The van der Waals surface area contributed by atoms with Crippen LogP contribution in [0.15, 0.2) is 0 Å². The third-order valence-corrected chi connectivity index (χ3v) is 1.85. The summed E-state index contributed by atoms with van der Waals surface area (Å²) < 4.78 is 0. The van der Waals surface area contributed by atoms with Gasteiger partial charge in [-0.2, -0.15) is 0 Å². The van der Waals surface area contributed by atoms with Crippen LogP contribution in [0.1, 0.15) is 33.1 Å². The fourth-order valence-electron chi connectivity index (χ4n) is 1.11. The number of carbonyl (C=O) groups excluding carboxylic acids is 1. The summed E-state index contributed by atoms with van der Waals surface area (Å²) in [7, 11) is 0. The second-order valence-electron chi connectivity index (χ2n) is 2.93. The molecule has 0 radical (unpaired) electrons. The van der Waals surface area contributed by atoms with Crippen molar-refractivity contribution < 1.29 is 4.79 Å². The van der Waals surface area contributed by atoms with Crippen molar-refractivity contribution in [3.8, 4) is 0 Å². The SMILES string of the molecule is CCCCC(CNCC)NC=O. The lowest BCUT2D eigenvalue weighted by Crippen LogP contribution is -2.37. The Morgan fingerprint density at radius 3 is 2.67 bits per heavy atom. The number of rotatable bonds is 8. The van der Waals surface area contributed by atoms with Crippen LogP contribution in [0.25, 0.3) is 0 Å². The van der Waals surface area contributed by atoms with E-state index >= 15 is 0 Å². The largest absolute Gasteiger partial charge is 0.355 e. The summed E-state index contributed by atoms with van der Waals surface area (Å²) in [5.41, 5.74) is 0. The number of unbranched alkanes of at least 4 members (excludes halogenated alkanes) is 1. The van der Waals surface area contributed by atoms with Crippen molar-refractivity contribution in [3.05, 3.63) is 0 Å². The number of likely N-dealkylation sites (N-methyl/N-ethyl adjacent to an activating group) is 1. The van der Waals surface area contributed by atoms with E-state index < -0.39 is 0 Å². The van der Waals surface area contributed by atoms with Gasteiger partial charge in [0, 0.05) is 12.6 Å². The Labute approximate surface area is 74.9 Å². The smallest absolute Gasteiger partial charge is 0.207 e. The molecule has 1 atom stereocenters. The predicted molar refractivity (Wildman–Crippen MR) is 51.1 cm³/mol. The van der Waals surface area contributed by atoms with E-state index in [1.165, 1.54) is 12.8 Å². The Kier molecular flexibility index (Phi) is 8.12. The topological polar surface area (TPSA) is 41.1 Å². The number of hydrogen-bond acceptors (Lipinski definition) is 2. The summed E-state index contributed by atoms with van der Waals surface area (Å²) in [5.74, 6) is 0. The van der Waals surface area contributed by atoms with Crippen LogP contribution >= 0.6 is 0 Å². The van der Waals surface area contributed by atoms with Gasteiger partial charge in [0.25, 0.3) is 0 Å². The summed E-state index contributed by atoms with van der Waals surface area (Å²) >= 11 is 0. The molecule has 1 amide bonds. The monoisotopic (exact) mass is 172 g/mol. The Morgan fingerprint density at radius 2 is 2.17 bits per heavy atom. The second-order valence-corrected chi connectivity index (χ2v) is 2.93. The number of carbonyl (C=O) groups is 1. The van der Waals surface area contributed by atoms with Gasteiger partial charge in [0.2, 0.25) is 6.41 Å². The van der Waals surface area contributed by atoms with Crippen molar-refractivity contribution in [3.63, 3.8) is 0 Å². The summed E-state index contributed by atoms with van der Waals surface area (Å²) in [6, 6.07) is 0.308. The molecule has 0 heterocycles. The van der Waals surface area contributed by atoms with Gasteiger partial charge in [0.15, 0.2) is 0 Å². The molecule has 0 spiro atoms. The number of nitrogens with one attached hydrogen (secondary N) is 2. The molecule has 0 fully saturated rings. The lowest BCUT2D eigenvalue weighted by molar-refractivity contribution is -0.110. The van der Waals surface area contributed by atoms with Crippen LogP contribution in [0, 0.1) is 0 Å². The van der Waals surface area contributed by atoms with E-state index in [0.717, 1.165) is 25.9 Å². The molecule has 0 saturated carbocycles. The first kappa shape index (κ1) is 11.4. The number of amides is 1. The maximum atomic E-state index is 10.2. The van der Waals surface area contributed by atoms with Crippen LogP contribution in [0.3, 0.4) is 0 Å². The minimum absolute atomic E-state index is 0.308. The second kappa shape index (κ2) is 8.53. The molecule has 72 valence electrons. The molecule has 0 aromatic heterocycles. The first-order chi connectivity index (χ1) is 5.85. The highest BCUT2D eigenvalue weighted by Crippen LogP contribution is 1.98. The van der Waals surface area contributed by atoms with Crippen molar-refractivity contribution in [2.24, 2.45) is 0 Å². The molecule has 0 aliphatic rings. The standard InChI is InChI=1S/C9H20N2O/c1-3-5-6-9(11-8-12)7-10-4-2/h8-10H,3-7H2,1-2H3,(H,11,12). The zero-order valence-electron chi connectivity index (χ0n) is 8.10. The number of hydrogen-bond donors (Lipinski definition) is 2. The van der Waals surface area contributed by atoms with Crippen molar-refractivity contribution >= 4 is 6.41 Å². The normalized spacial score (nSPS) is 12.5. The molecule has 0 aliphatic heterocycles. The maximum Gasteiger partial charge on any atom is 0.207 e. The summed E-state index contributed by atoms with van der Waals surface area (Å²) in [4.78, 5) is 10.2. The van der Waals surface area contributed by atoms with Gasteiger partial charge in [-0.15, -0.1) is 0 Å². The molecule has 2 N–H and O–H groups in total. The third-order valence-electron chi connectivity index (χ3n) is 1.85. The Hall–Kier alpha value is -0.570. The van der Waals surface area contributed by atoms with Crippen LogP contribution in [0.4, 0.5) is 0 Å². The first-order valence-electron chi connectivity index (χ1n) is 4.75. The van der Waals surface area contributed by atoms with Gasteiger partial charge in [-0.1, -0.05) is 26.7 Å². The van der Waals surface area contributed by atoms with Crippen molar-refractivity contribution in [1.29, 1.82) is 0 Å². The molecule has 0 rings (SSSR count). The molecule has 3 nitrogen and oxygen atoms in total. The highest BCUT2D eigenvalue weighted by Gasteiger charge is 2.04. The molecular weight excluding hydrogens is 152 g/mol. The average Bonchev–Trinajstić information content (AvgIpc) is 2.10. The summed E-state index contributed by atoms with van der Waals surface area (Å²) in [5, 5.41) is 6.03. The van der Waals surface area contributed by atoms with Crippen molar-refractivity contribution in [2.75, 3.05) is 13.1 Å². The first-order valence-corrected chi connectivity index (χ1v) is 4.75. The molecule has 0 bridgehead atoms. The Bertz CT molecular complexity index is 98.7. The van der Waals surface area contributed by atoms with E-state index in [1.807, 2.05) is 0 Å². The van der Waals surface area contributed by atoms with Crippen LogP contribution < -0.4 is 10.6 Å². The average molecular weight is 172 g/mol. The van der Waals surface area contributed by atoms with Crippen LogP contribution in [-0.4, -0.2) is 25.5 Å². The fourth-order valence-corrected chi connectivity index (χ4v) is 1.11. The molecule has 0 aliphatic carbocycles. The lowest BCUT2D eigenvalue weighted by Gasteiger charge is -2.15. The van der Waals surface area contributed by atoms with Gasteiger partial charge in [0.05, 0.1) is 0 Å². The Balaban J connectivity index is 3.46.